The lowest BCUT2D eigenvalue weighted by molar-refractivity contribution is -0.137. The summed E-state index contributed by atoms with van der Waals surface area (Å²) in [4.78, 5) is 34.6. The Balaban J connectivity index is 4.08. The lowest BCUT2D eigenvalue weighted by atomic mass is 10.3. The van der Waals surface area contributed by atoms with Crippen molar-refractivity contribution < 1.29 is 19.5 Å². The highest BCUT2D eigenvalue weighted by Crippen LogP contribution is 1.91. The van der Waals surface area contributed by atoms with Crippen LogP contribution in [0.5, 0.6) is 0 Å². The van der Waals surface area contributed by atoms with Crippen LogP contribution in [0.4, 0.5) is 4.79 Å². The third-order valence-corrected chi connectivity index (χ3v) is 2.04. The van der Waals surface area contributed by atoms with Gasteiger partial charge in [0.25, 0.3) is 0 Å². The summed E-state index contributed by atoms with van der Waals surface area (Å²) in [5, 5.41) is 13.8. The zero-order valence-corrected chi connectivity index (χ0v) is 11.3. The van der Waals surface area contributed by atoms with Crippen molar-refractivity contribution in [1.29, 1.82) is 0 Å². The second kappa shape index (κ2) is 8.96. The molecule has 0 aromatic carbocycles. The zero-order chi connectivity index (χ0) is 14.8. The lowest BCUT2D eigenvalue weighted by Gasteiger charge is -2.19. The summed E-state index contributed by atoms with van der Waals surface area (Å²) in [7, 11) is 0. The molecule has 7 nitrogen and oxygen atoms in total. The van der Waals surface area contributed by atoms with E-state index in [4.69, 9.17) is 5.11 Å². The molecule has 0 atom stereocenters. The first-order valence-corrected chi connectivity index (χ1v) is 6.01. The molecule has 0 fully saturated rings. The van der Waals surface area contributed by atoms with Crippen LogP contribution in [0, 0.1) is 0 Å². The number of carbonyl (C=O) groups excluding carboxylic acids is 2. The second-order valence-corrected chi connectivity index (χ2v) is 4.27. The molecule has 0 spiro atoms. The highest BCUT2D eigenvalue weighted by atomic mass is 16.4. The van der Waals surface area contributed by atoms with Gasteiger partial charge < -0.3 is 20.6 Å². The van der Waals surface area contributed by atoms with Gasteiger partial charge in [0, 0.05) is 25.6 Å². The first-order chi connectivity index (χ1) is 8.86. The molecule has 0 aliphatic carbocycles. The minimum absolute atomic E-state index is 0.0486. The molecule has 0 heterocycles. The van der Waals surface area contributed by atoms with Crippen molar-refractivity contribution in [3.63, 3.8) is 0 Å². The summed E-state index contributed by atoms with van der Waals surface area (Å²) in [6.45, 7) is 7.02. The molecule has 3 N–H and O–H groups in total. The van der Waals surface area contributed by atoms with Crippen LogP contribution in [0.25, 0.3) is 0 Å². The fourth-order valence-electron chi connectivity index (χ4n) is 1.33. The van der Waals surface area contributed by atoms with Gasteiger partial charge >= 0.3 is 12.0 Å². The van der Waals surface area contributed by atoms with Crippen LogP contribution in [0.3, 0.4) is 0 Å². The first kappa shape index (κ1) is 16.9. The van der Waals surface area contributed by atoms with Gasteiger partial charge in [-0.1, -0.05) is 6.08 Å². The standard InChI is InChI=1S/C12H21N3O4/c1-4-7-15(8-11(17)18)12(19)13-6-5-10(16)14-9(2)3/h4,9H,1,5-8H2,2-3H3,(H,13,19)(H,14,16)(H,17,18). The van der Waals surface area contributed by atoms with Gasteiger partial charge in [-0.2, -0.15) is 0 Å². The number of carbonyl (C=O) groups is 3. The number of amides is 3. The Morgan fingerprint density at radius 3 is 2.47 bits per heavy atom. The Labute approximate surface area is 112 Å². The van der Waals surface area contributed by atoms with Gasteiger partial charge in [0.05, 0.1) is 0 Å². The molecule has 0 unspecified atom stereocenters. The summed E-state index contributed by atoms with van der Waals surface area (Å²) >= 11 is 0. The van der Waals surface area contributed by atoms with Gasteiger partial charge in [-0.15, -0.1) is 6.58 Å². The molecule has 0 radical (unpaired) electrons. The van der Waals surface area contributed by atoms with Crippen molar-refractivity contribution in [2.75, 3.05) is 19.6 Å². The number of nitrogens with one attached hydrogen (secondary N) is 2. The highest BCUT2D eigenvalue weighted by molar-refractivity contribution is 5.81. The van der Waals surface area contributed by atoms with Crippen molar-refractivity contribution in [3.05, 3.63) is 12.7 Å². The monoisotopic (exact) mass is 271 g/mol. The summed E-state index contributed by atoms with van der Waals surface area (Å²) in [5.74, 6) is -1.27. The number of carboxylic acid groups (broad SMARTS) is 1. The first-order valence-electron chi connectivity index (χ1n) is 6.01. The summed E-state index contributed by atoms with van der Waals surface area (Å²) in [6, 6.07) is -0.480. The number of urea groups is 1. The quantitative estimate of drug-likeness (QED) is 0.548. The second-order valence-electron chi connectivity index (χ2n) is 4.27. The molecule has 0 rings (SSSR count). The average molecular weight is 271 g/mol. The molecule has 3 amide bonds. The topological polar surface area (TPSA) is 98.7 Å². The number of hydrogen-bond acceptors (Lipinski definition) is 3. The summed E-state index contributed by atoms with van der Waals surface area (Å²) < 4.78 is 0. The van der Waals surface area contributed by atoms with E-state index < -0.39 is 18.5 Å². The van der Waals surface area contributed by atoms with Crippen LogP contribution < -0.4 is 10.6 Å². The molecule has 0 bridgehead atoms. The smallest absolute Gasteiger partial charge is 0.323 e. The van der Waals surface area contributed by atoms with E-state index in [1.165, 1.54) is 6.08 Å². The molecule has 0 aromatic heterocycles. The molecule has 0 saturated heterocycles. The molecular weight excluding hydrogens is 250 g/mol. The SMILES string of the molecule is C=CCN(CC(=O)O)C(=O)NCCC(=O)NC(C)C. The maximum atomic E-state index is 11.6. The Kier molecular flexibility index (Phi) is 7.99. The molecule has 7 heteroatoms. The van der Waals surface area contributed by atoms with Crippen molar-refractivity contribution >= 4 is 17.9 Å². The molecule has 0 aliphatic rings. The van der Waals surface area contributed by atoms with Gasteiger partial charge in [-0.05, 0) is 13.8 Å². The van der Waals surface area contributed by atoms with Crippen LogP contribution >= 0.6 is 0 Å². The maximum Gasteiger partial charge on any atom is 0.323 e. The third-order valence-electron chi connectivity index (χ3n) is 2.04. The largest absolute Gasteiger partial charge is 0.480 e. The van der Waals surface area contributed by atoms with Gasteiger partial charge in [0.2, 0.25) is 5.91 Å². The van der Waals surface area contributed by atoms with Gasteiger partial charge in [-0.25, -0.2) is 4.79 Å². The molecule has 0 aliphatic heterocycles. The predicted molar refractivity (Wildman–Crippen MR) is 70.7 cm³/mol. The van der Waals surface area contributed by atoms with Crippen molar-refractivity contribution in [2.24, 2.45) is 0 Å². The Hall–Kier alpha value is -2.05. The van der Waals surface area contributed by atoms with E-state index in [0.29, 0.717) is 0 Å². The van der Waals surface area contributed by atoms with E-state index in [9.17, 15) is 14.4 Å². The third kappa shape index (κ3) is 8.64. The van der Waals surface area contributed by atoms with Crippen LogP contribution in [-0.2, 0) is 9.59 Å². The molecule has 19 heavy (non-hydrogen) atoms. The van der Waals surface area contributed by atoms with Crippen LogP contribution in [0.1, 0.15) is 20.3 Å². The Morgan fingerprint density at radius 1 is 1.37 bits per heavy atom. The number of rotatable bonds is 8. The minimum Gasteiger partial charge on any atom is -0.480 e. The van der Waals surface area contributed by atoms with Crippen LogP contribution in [0.2, 0.25) is 0 Å². The average Bonchev–Trinajstić information content (AvgIpc) is 2.26. The van der Waals surface area contributed by atoms with E-state index in [1.54, 1.807) is 0 Å². The minimum atomic E-state index is -1.10. The van der Waals surface area contributed by atoms with E-state index in [-0.39, 0.29) is 31.5 Å². The summed E-state index contributed by atoms with van der Waals surface area (Å²) in [5.41, 5.74) is 0. The van der Waals surface area contributed by atoms with Crippen LogP contribution in [0.15, 0.2) is 12.7 Å². The Morgan fingerprint density at radius 2 is 2.00 bits per heavy atom. The lowest BCUT2D eigenvalue weighted by Crippen LogP contribution is -2.44. The normalized spacial score (nSPS) is 9.84. The van der Waals surface area contributed by atoms with E-state index in [2.05, 4.69) is 17.2 Å². The zero-order valence-electron chi connectivity index (χ0n) is 11.3. The Bertz CT molecular complexity index is 342. The maximum absolute atomic E-state index is 11.6. The van der Waals surface area contributed by atoms with E-state index >= 15 is 0 Å². The molecule has 108 valence electrons. The van der Waals surface area contributed by atoms with Gasteiger partial charge in [-0.3, -0.25) is 9.59 Å². The van der Waals surface area contributed by atoms with Crippen molar-refractivity contribution in [2.45, 2.75) is 26.3 Å². The highest BCUT2D eigenvalue weighted by Gasteiger charge is 2.15. The van der Waals surface area contributed by atoms with E-state index in [0.717, 1.165) is 4.90 Å². The fourth-order valence-corrected chi connectivity index (χ4v) is 1.33. The number of nitrogens with zero attached hydrogens (tertiary/aromatic N) is 1. The molecule has 0 saturated carbocycles. The number of carboxylic acids is 1. The van der Waals surface area contributed by atoms with Gasteiger partial charge in [0.1, 0.15) is 6.54 Å². The number of hydrogen-bond donors (Lipinski definition) is 3. The van der Waals surface area contributed by atoms with Crippen LogP contribution in [-0.4, -0.2) is 53.6 Å². The fraction of sp³-hybridized carbons (Fsp3) is 0.583. The summed E-state index contributed by atoms with van der Waals surface area (Å²) in [6.07, 6.45) is 1.59. The predicted octanol–water partition coefficient (Wildman–Crippen LogP) is 0.183. The molecular formula is C12H21N3O4. The number of aliphatic carboxylic acids is 1. The molecule has 0 aromatic rings. The van der Waals surface area contributed by atoms with E-state index in [1.807, 2.05) is 13.8 Å². The van der Waals surface area contributed by atoms with Crippen molar-refractivity contribution in [1.82, 2.24) is 15.5 Å². The van der Waals surface area contributed by atoms with Crippen molar-refractivity contribution in [3.8, 4) is 0 Å². The van der Waals surface area contributed by atoms with Gasteiger partial charge in [0.15, 0.2) is 0 Å².